The van der Waals surface area contributed by atoms with Gasteiger partial charge in [-0.3, -0.25) is 13.8 Å². The van der Waals surface area contributed by atoms with Gasteiger partial charge in [-0.25, -0.2) is 4.57 Å². The molecule has 0 radical (unpaired) electrons. The van der Waals surface area contributed by atoms with Gasteiger partial charge in [-0.05, 0) is 57.8 Å². The third-order valence-corrected chi connectivity index (χ3v) is 13.4. The fourth-order valence-corrected chi connectivity index (χ4v) is 9.12. The number of esters is 1. The molecule has 0 aromatic carbocycles. The zero-order valence-corrected chi connectivity index (χ0v) is 43.5. The molecule has 0 amide bonds. The van der Waals surface area contributed by atoms with Crippen LogP contribution in [0.2, 0.25) is 0 Å². The lowest BCUT2D eigenvalue weighted by molar-refractivity contribution is -0.220. The van der Waals surface area contributed by atoms with E-state index >= 15 is 0 Å². The number of aliphatic hydroxyl groups excluding tert-OH is 5. The fourth-order valence-electron chi connectivity index (χ4n) is 8.15. The number of phosphoric acid groups is 1. The Morgan fingerprint density at radius 1 is 0.485 bits per heavy atom. The van der Waals surface area contributed by atoms with Crippen LogP contribution in [0, 0.1) is 0 Å². The van der Waals surface area contributed by atoms with Gasteiger partial charge in [-0.1, -0.05) is 216 Å². The Bertz CT molecular complexity index is 1350. The van der Waals surface area contributed by atoms with Crippen molar-refractivity contribution >= 4 is 13.8 Å². The third kappa shape index (κ3) is 36.0. The lowest BCUT2D eigenvalue weighted by Crippen LogP contribution is -2.64. The van der Waals surface area contributed by atoms with Gasteiger partial charge in [0.1, 0.15) is 42.7 Å². The Balaban J connectivity index is 2.33. The average molecular weight is 983 g/mol. The van der Waals surface area contributed by atoms with E-state index in [2.05, 4.69) is 74.6 Å². The molecule has 0 aromatic rings. The van der Waals surface area contributed by atoms with Crippen molar-refractivity contribution in [3.05, 3.63) is 60.8 Å². The quantitative estimate of drug-likeness (QED) is 0.0147. The second-order valence-electron chi connectivity index (χ2n) is 18.7. The van der Waals surface area contributed by atoms with E-state index in [1.54, 1.807) is 0 Å². The molecule has 6 atom stereocenters. The van der Waals surface area contributed by atoms with Crippen LogP contribution in [0.5, 0.6) is 0 Å². The number of carbonyl (C=O) groups excluding carboxylic acids is 1. The monoisotopic (exact) mass is 983 g/mol. The SMILES string of the molecule is CC/C=C\C/C=C\C/C=C\C/C=C\C/C=C\CCCCCC(=O)OC(COCCCCCCCCCCCCCCCCCCCCCCCC)COP(=O)(O)OC1C(O)C(O)C(O)C(O)C1O. The summed E-state index contributed by atoms with van der Waals surface area (Å²) >= 11 is 0. The molecule has 13 heteroatoms. The molecule has 0 bridgehead atoms. The molecule has 1 rings (SSSR count). The molecule has 1 fully saturated rings. The lowest BCUT2D eigenvalue weighted by Gasteiger charge is -2.41. The van der Waals surface area contributed by atoms with E-state index in [-0.39, 0.29) is 13.0 Å². The zero-order valence-electron chi connectivity index (χ0n) is 42.6. The molecule has 1 aliphatic carbocycles. The van der Waals surface area contributed by atoms with Crippen molar-refractivity contribution in [3.63, 3.8) is 0 Å². The normalized spacial score (nSPS) is 21.6. The molecule has 1 aliphatic rings. The highest BCUT2D eigenvalue weighted by Crippen LogP contribution is 2.47. The third-order valence-electron chi connectivity index (χ3n) is 12.4. The summed E-state index contributed by atoms with van der Waals surface area (Å²) in [6.45, 7) is 4.14. The minimum absolute atomic E-state index is 0.0899. The molecule has 0 saturated heterocycles. The molecular weight excluding hydrogens is 884 g/mol. The largest absolute Gasteiger partial charge is 0.472 e. The van der Waals surface area contributed by atoms with Gasteiger partial charge >= 0.3 is 13.8 Å². The lowest BCUT2D eigenvalue weighted by atomic mass is 9.85. The van der Waals surface area contributed by atoms with Crippen molar-refractivity contribution in [2.24, 2.45) is 0 Å². The van der Waals surface area contributed by atoms with E-state index in [4.69, 9.17) is 18.5 Å². The van der Waals surface area contributed by atoms with E-state index in [0.717, 1.165) is 70.6 Å². The Kier molecular flexibility index (Phi) is 42.3. The number of ether oxygens (including phenoxy) is 2. The molecule has 12 nitrogen and oxygen atoms in total. The first-order chi connectivity index (χ1) is 33.0. The topological polar surface area (TPSA) is 192 Å². The van der Waals surface area contributed by atoms with Gasteiger partial charge in [0.15, 0.2) is 0 Å². The summed E-state index contributed by atoms with van der Waals surface area (Å²) in [5.74, 6) is -0.506. The number of allylic oxidation sites excluding steroid dienone is 10. The fraction of sp³-hybridized carbons (Fsp3) is 0.800. The summed E-state index contributed by atoms with van der Waals surface area (Å²) in [6, 6.07) is 0. The Labute approximate surface area is 413 Å². The summed E-state index contributed by atoms with van der Waals surface area (Å²) in [6.07, 6.45) is 45.8. The standard InChI is InChI=1S/C55H99O12P/c1-3-5-7-9-11-13-15-17-19-21-23-24-25-27-29-31-33-35-37-39-41-43-45-64-46-48(47-65-68(62,63)67-55-53(60)51(58)50(57)52(59)54(55)61)66-49(56)44-42-40-38-36-34-32-30-28-26-22-20-18-16-14-12-10-8-6-4-2/h6,8,12,14,18,20,26,28,32,34,48,50-55,57-61H,3-5,7,9-11,13,15-17,19,21-25,27,29-31,33,35-47H2,1-2H3,(H,62,63)/b8-6-,14-12-,20-18-,28-26-,34-32-. The molecule has 396 valence electrons. The van der Waals surface area contributed by atoms with Crippen LogP contribution in [-0.4, -0.2) is 98.9 Å². The van der Waals surface area contributed by atoms with Gasteiger partial charge in [-0.15, -0.1) is 0 Å². The van der Waals surface area contributed by atoms with Crippen LogP contribution in [0.1, 0.15) is 219 Å². The van der Waals surface area contributed by atoms with Crippen molar-refractivity contribution < 1.29 is 58.3 Å². The Morgan fingerprint density at radius 3 is 1.31 bits per heavy atom. The number of unbranched alkanes of at least 4 members (excludes halogenated alkanes) is 24. The molecule has 0 aromatic heterocycles. The average Bonchev–Trinajstić information content (AvgIpc) is 3.32. The molecule has 0 heterocycles. The predicted molar refractivity (Wildman–Crippen MR) is 276 cm³/mol. The van der Waals surface area contributed by atoms with Crippen molar-refractivity contribution in [3.8, 4) is 0 Å². The van der Waals surface area contributed by atoms with Gasteiger partial charge in [0.05, 0.1) is 13.2 Å². The van der Waals surface area contributed by atoms with Gasteiger partial charge < -0.3 is 39.9 Å². The minimum Gasteiger partial charge on any atom is -0.457 e. The molecule has 0 spiro atoms. The zero-order chi connectivity index (χ0) is 49.8. The van der Waals surface area contributed by atoms with E-state index in [9.17, 15) is 39.8 Å². The number of carbonyl (C=O) groups is 1. The maximum atomic E-state index is 12.9. The molecule has 6 unspecified atom stereocenters. The van der Waals surface area contributed by atoms with Crippen molar-refractivity contribution in [1.29, 1.82) is 0 Å². The van der Waals surface area contributed by atoms with Gasteiger partial charge in [0.2, 0.25) is 0 Å². The summed E-state index contributed by atoms with van der Waals surface area (Å²) in [5, 5.41) is 50.4. The number of hydrogen-bond acceptors (Lipinski definition) is 11. The van der Waals surface area contributed by atoms with E-state index in [1.165, 1.54) is 122 Å². The van der Waals surface area contributed by atoms with Gasteiger partial charge in [0.25, 0.3) is 0 Å². The number of phosphoric ester groups is 1. The highest BCUT2D eigenvalue weighted by Gasteiger charge is 2.51. The Hall–Kier alpha value is -1.96. The number of hydrogen-bond donors (Lipinski definition) is 6. The maximum Gasteiger partial charge on any atom is 0.472 e. The molecular formula is C55H99O12P. The van der Waals surface area contributed by atoms with Crippen LogP contribution >= 0.6 is 7.82 Å². The van der Waals surface area contributed by atoms with Crippen molar-refractivity contribution in [1.82, 2.24) is 0 Å². The second kappa shape index (κ2) is 44.9. The predicted octanol–water partition coefficient (Wildman–Crippen LogP) is 12.5. The van der Waals surface area contributed by atoms with Gasteiger partial charge in [0, 0.05) is 13.0 Å². The van der Waals surface area contributed by atoms with Crippen LogP contribution in [0.4, 0.5) is 0 Å². The van der Waals surface area contributed by atoms with Crippen LogP contribution in [0.15, 0.2) is 60.8 Å². The molecule has 1 saturated carbocycles. The van der Waals surface area contributed by atoms with Crippen LogP contribution < -0.4 is 0 Å². The van der Waals surface area contributed by atoms with E-state index in [1.807, 2.05) is 0 Å². The molecule has 6 N–H and O–H groups in total. The second-order valence-corrected chi connectivity index (χ2v) is 20.1. The number of aliphatic hydroxyl groups is 5. The summed E-state index contributed by atoms with van der Waals surface area (Å²) in [7, 11) is -5.04. The first-order valence-corrected chi connectivity index (χ1v) is 28.6. The first kappa shape index (κ1) is 64.1. The summed E-state index contributed by atoms with van der Waals surface area (Å²) in [5.41, 5.74) is 0. The summed E-state index contributed by atoms with van der Waals surface area (Å²) in [4.78, 5) is 23.3. The van der Waals surface area contributed by atoms with Crippen molar-refractivity contribution in [2.45, 2.75) is 262 Å². The van der Waals surface area contributed by atoms with Crippen molar-refractivity contribution in [2.75, 3.05) is 19.8 Å². The van der Waals surface area contributed by atoms with E-state index in [0.29, 0.717) is 13.0 Å². The van der Waals surface area contributed by atoms with Gasteiger partial charge in [-0.2, -0.15) is 0 Å². The highest BCUT2D eigenvalue weighted by molar-refractivity contribution is 7.47. The van der Waals surface area contributed by atoms with Crippen LogP contribution in [0.25, 0.3) is 0 Å². The summed E-state index contributed by atoms with van der Waals surface area (Å²) < 4.78 is 34.3. The number of rotatable bonds is 46. The van der Waals surface area contributed by atoms with E-state index < -0.39 is 63.1 Å². The van der Waals surface area contributed by atoms with Crippen LogP contribution in [-0.2, 0) is 27.9 Å². The first-order valence-electron chi connectivity index (χ1n) is 27.1. The van der Waals surface area contributed by atoms with Crippen LogP contribution in [0.3, 0.4) is 0 Å². The smallest absolute Gasteiger partial charge is 0.457 e. The maximum absolute atomic E-state index is 12.9. The molecule has 0 aliphatic heterocycles. The molecule has 68 heavy (non-hydrogen) atoms. The Morgan fingerprint density at radius 2 is 0.868 bits per heavy atom. The highest BCUT2D eigenvalue weighted by atomic mass is 31.2. The minimum atomic E-state index is -5.04.